The topological polar surface area (TPSA) is 73.6 Å². The first-order valence-electron chi connectivity index (χ1n) is 6.53. The molecule has 0 aromatic rings. The van der Waals surface area contributed by atoms with Crippen LogP contribution in [0.1, 0.15) is 46.5 Å². The minimum Gasteiger partial charge on any atom is -0.444 e. The van der Waals surface area contributed by atoms with Gasteiger partial charge in [-0.1, -0.05) is 0 Å². The Balaban J connectivity index is 2.32. The molecule has 0 aromatic heterocycles. The number of rotatable bonds is 3. The molecular weight excluding hydrogens is 232 g/mol. The highest BCUT2D eigenvalue weighted by Gasteiger charge is 2.32. The molecular formula is C13H26N2O3. The van der Waals surface area contributed by atoms with E-state index in [1.807, 2.05) is 20.8 Å². The van der Waals surface area contributed by atoms with Gasteiger partial charge in [0.2, 0.25) is 0 Å². The average molecular weight is 258 g/mol. The van der Waals surface area contributed by atoms with Crippen molar-refractivity contribution < 1.29 is 14.3 Å². The summed E-state index contributed by atoms with van der Waals surface area (Å²) in [6.45, 7) is 5.98. The molecule has 1 aliphatic carbocycles. The van der Waals surface area contributed by atoms with Crippen molar-refractivity contribution in [2.75, 3.05) is 13.7 Å². The van der Waals surface area contributed by atoms with E-state index in [0.717, 1.165) is 25.7 Å². The first kappa shape index (κ1) is 15.2. The molecule has 1 amide bonds. The molecule has 1 saturated carbocycles. The fourth-order valence-electron chi connectivity index (χ4n) is 2.14. The van der Waals surface area contributed by atoms with Crippen molar-refractivity contribution in [3.8, 4) is 0 Å². The van der Waals surface area contributed by atoms with Gasteiger partial charge in [0, 0.05) is 19.2 Å². The van der Waals surface area contributed by atoms with Crippen LogP contribution < -0.4 is 11.1 Å². The molecule has 106 valence electrons. The number of carbonyl (C=O) groups is 1. The van der Waals surface area contributed by atoms with Gasteiger partial charge in [-0.05, 0) is 46.5 Å². The minimum atomic E-state index is -0.473. The van der Waals surface area contributed by atoms with Gasteiger partial charge in [-0.15, -0.1) is 0 Å². The highest BCUT2D eigenvalue weighted by Crippen LogP contribution is 2.27. The number of nitrogens with one attached hydrogen (secondary N) is 1. The summed E-state index contributed by atoms with van der Waals surface area (Å²) in [6, 6.07) is 0. The highest BCUT2D eigenvalue weighted by atomic mass is 16.6. The molecule has 18 heavy (non-hydrogen) atoms. The molecule has 0 atom stereocenters. The van der Waals surface area contributed by atoms with Crippen LogP contribution >= 0.6 is 0 Å². The number of hydrogen-bond acceptors (Lipinski definition) is 4. The van der Waals surface area contributed by atoms with Crippen molar-refractivity contribution in [1.82, 2.24) is 5.32 Å². The van der Waals surface area contributed by atoms with Gasteiger partial charge >= 0.3 is 6.09 Å². The zero-order valence-corrected chi connectivity index (χ0v) is 11.9. The van der Waals surface area contributed by atoms with Crippen molar-refractivity contribution in [3.05, 3.63) is 0 Å². The standard InChI is InChI=1S/C13H26N2O3/c1-12(2,3)18-11(16)15-9-13(14)7-5-10(17-4)6-8-13/h10H,5-9,14H2,1-4H3,(H,15,16). The molecule has 0 bridgehead atoms. The summed E-state index contributed by atoms with van der Waals surface area (Å²) in [5.74, 6) is 0. The summed E-state index contributed by atoms with van der Waals surface area (Å²) >= 11 is 0. The van der Waals surface area contributed by atoms with Crippen LogP contribution in [0.4, 0.5) is 4.79 Å². The van der Waals surface area contributed by atoms with E-state index in [1.165, 1.54) is 0 Å². The third kappa shape index (κ3) is 5.23. The smallest absolute Gasteiger partial charge is 0.407 e. The lowest BCUT2D eigenvalue weighted by molar-refractivity contribution is 0.0411. The predicted molar refractivity (Wildman–Crippen MR) is 70.4 cm³/mol. The number of hydrogen-bond donors (Lipinski definition) is 2. The van der Waals surface area contributed by atoms with Crippen LogP contribution in [0.3, 0.4) is 0 Å². The van der Waals surface area contributed by atoms with Gasteiger partial charge in [0.05, 0.1) is 6.10 Å². The summed E-state index contributed by atoms with van der Waals surface area (Å²) in [5.41, 5.74) is 5.46. The Morgan fingerprint density at radius 3 is 2.39 bits per heavy atom. The van der Waals surface area contributed by atoms with Crippen molar-refractivity contribution in [2.45, 2.75) is 63.7 Å². The summed E-state index contributed by atoms with van der Waals surface area (Å²) in [5, 5.41) is 2.76. The van der Waals surface area contributed by atoms with Gasteiger partial charge in [-0.2, -0.15) is 0 Å². The second-order valence-corrected chi connectivity index (χ2v) is 6.15. The number of alkyl carbamates (subject to hydrolysis) is 1. The summed E-state index contributed by atoms with van der Waals surface area (Å²) in [4.78, 5) is 11.6. The maximum atomic E-state index is 11.6. The lowest BCUT2D eigenvalue weighted by Crippen LogP contribution is -2.53. The maximum Gasteiger partial charge on any atom is 0.407 e. The van der Waals surface area contributed by atoms with Crippen molar-refractivity contribution >= 4 is 6.09 Å². The van der Waals surface area contributed by atoms with Crippen molar-refractivity contribution in [2.24, 2.45) is 5.73 Å². The average Bonchev–Trinajstić information content (AvgIpc) is 2.26. The van der Waals surface area contributed by atoms with E-state index >= 15 is 0 Å². The highest BCUT2D eigenvalue weighted by molar-refractivity contribution is 5.67. The van der Waals surface area contributed by atoms with Crippen LogP contribution in [0, 0.1) is 0 Å². The molecule has 0 aliphatic heterocycles. The number of ether oxygens (including phenoxy) is 2. The zero-order chi connectivity index (χ0) is 13.8. The Morgan fingerprint density at radius 2 is 1.94 bits per heavy atom. The van der Waals surface area contributed by atoms with Gasteiger partial charge in [0.1, 0.15) is 5.60 Å². The van der Waals surface area contributed by atoms with Crippen LogP contribution in [-0.2, 0) is 9.47 Å². The molecule has 3 N–H and O–H groups in total. The molecule has 0 spiro atoms. The minimum absolute atomic E-state index is 0.309. The molecule has 0 aromatic carbocycles. The second-order valence-electron chi connectivity index (χ2n) is 6.15. The van der Waals surface area contributed by atoms with E-state index in [-0.39, 0.29) is 5.54 Å². The number of methoxy groups -OCH3 is 1. The molecule has 5 nitrogen and oxygen atoms in total. The van der Waals surface area contributed by atoms with Crippen LogP contribution in [0.2, 0.25) is 0 Å². The van der Waals surface area contributed by atoms with Gasteiger partial charge in [-0.3, -0.25) is 0 Å². The van der Waals surface area contributed by atoms with E-state index in [9.17, 15) is 4.79 Å². The van der Waals surface area contributed by atoms with Gasteiger partial charge < -0.3 is 20.5 Å². The SMILES string of the molecule is COC1CCC(N)(CNC(=O)OC(C)(C)C)CC1. The predicted octanol–water partition coefficient (Wildman–Crippen LogP) is 1.80. The monoisotopic (exact) mass is 258 g/mol. The molecule has 1 aliphatic rings. The molecule has 0 saturated heterocycles. The Morgan fingerprint density at radius 1 is 1.39 bits per heavy atom. The summed E-state index contributed by atoms with van der Waals surface area (Å²) < 4.78 is 10.5. The van der Waals surface area contributed by atoms with E-state index < -0.39 is 11.7 Å². The van der Waals surface area contributed by atoms with E-state index in [1.54, 1.807) is 7.11 Å². The normalized spacial score (nSPS) is 28.8. The maximum absolute atomic E-state index is 11.6. The number of carbonyl (C=O) groups excluding carboxylic acids is 1. The molecule has 1 rings (SSSR count). The van der Waals surface area contributed by atoms with Gasteiger partial charge in [0.15, 0.2) is 0 Å². The quantitative estimate of drug-likeness (QED) is 0.809. The number of nitrogens with two attached hydrogens (primary N) is 1. The lowest BCUT2D eigenvalue weighted by Gasteiger charge is -2.36. The van der Waals surface area contributed by atoms with Crippen LogP contribution in [-0.4, -0.2) is 37.0 Å². The molecule has 0 unspecified atom stereocenters. The molecule has 0 heterocycles. The van der Waals surface area contributed by atoms with Crippen LogP contribution in [0.15, 0.2) is 0 Å². The summed E-state index contributed by atoms with van der Waals surface area (Å²) in [7, 11) is 1.73. The van der Waals surface area contributed by atoms with E-state index in [0.29, 0.717) is 12.6 Å². The fourth-order valence-corrected chi connectivity index (χ4v) is 2.14. The lowest BCUT2D eigenvalue weighted by atomic mass is 9.81. The Kier molecular flexibility index (Phi) is 4.99. The number of amides is 1. The zero-order valence-electron chi connectivity index (χ0n) is 11.9. The summed E-state index contributed by atoms with van der Waals surface area (Å²) in [6.07, 6.45) is 3.53. The van der Waals surface area contributed by atoms with Gasteiger partial charge in [0.25, 0.3) is 0 Å². The largest absolute Gasteiger partial charge is 0.444 e. The van der Waals surface area contributed by atoms with E-state index in [2.05, 4.69) is 5.32 Å². The van der Waals surface area contributed by atoms with Crippen LogP contribution in [0.5, 0.6) is 0 Å². The first-order chi connectivity index (χ1) is 8.24. The Hall–Kier alpha value is -0.810. The van der Waals surface area contributed by atoms with Crippen molar-refractivity contribution in [3.63, 3.8) is 0 Å². The molecule has 5 heteroatoms. The first-order valence-corrected chi connectivity index (χ1v) is 6.53. The Bertz CT molecular complexity index is 278. The fraction of sp³-hybridized carbons (Fsp3) is 0.923. The van der Waals surface area contributed by atoms with E-state index in [4.69, 9.17) is 15.2 Å². The van der Waals surface area contributed by atoms with Crippen molar-refractivity contribution in [1.29, 1.82) is 0 Å². The molecule has 0 radical (unpaired) electrons. The Labute approximate surface area is 109 Å². The second kappa shape index (κ2) is 5.89. The van der Waals surface area contributed by atoms with Crippen LogP contribution in [0.25, 0.3) is 0 Å². The molecule has 1 fully saturated rings. The van der Waals surface area contributed by atoms with Gasteiger partial charge in [-0.25, -0.2) is 4.79 Å². The third-order valence-electron chi connectivity index (χ3n) is 3.25. The third-order valence-corrected chi connectivity index (χ3v) is 3.25.